The first kappa shape index (κ1) is 28.5. The van der Waals surface area contributed by atoms with Gasteiger partial charge >= 0.3 is 0 Å². The molecule has 0 aliphatic rings. The second-order valence-corrected chi connectivity index (χ2v) is 20.6. The molecule has 0 spiro atoms. The highest BCUT2D eigenvalue weighted by Gasteiger charge is 2.34. The van der Waals surface area contributed by atoms with Crippen molar-refractivity contribution in [3.63, 3.8) is 0 Å². The molecule has 0 aliphatic carbocycles. The van der Waals surface area contributed by atoms with Crippen molar-refractivity contribution >= 4 is 55.1 Å². The first-order chi connectivity index (χ1) is 17.9. The Balaban J connectivity index is 1.58. The summed E-state index contributed by atoms with van der Waals surface area (Å²) in [6, 6.07) is 36.3. The zero-order valence-electron chi connectivity index (χ0n) is 22.2. The Morgan fingerprint density at radius 1 is 0.351 bits per heavy atom. The van der Waals surface area contributed by atoms with Crippen molar-refractivity contribution in [2.75, 3.05) is 21.5 Å². The number of aryl methyl sites for hydroxylation is 4. The molecule has 0 saturated heterocycles. The number of benzene rings is 4. The Kier molecular flexibility index (Phi) is 10.8. The van der Waals surface area contributed by atoms with Crippen LogP contribution in [0.1, 0.15) is 22.3 Å². The van der Waals surface area contributed by atoms with Crippen LogP contribution in [0.25, 0.3) is 0 Å². The van der Waals surface area contributed by atoms with E-state index in [-0.39, 0.29) is 0 Å². The molecule has 192 valence electrons. The van der Waals surface area contributed by atoms with E-state index in [2.05, 4.69) is 172 Å². The van der Waals surface area contributed by atoms with Gasteiger partial charge in [0.05, 0.1) is 8.07 Å². The van der Waals surface area contributed by atoms with Crippen LogP contribution in [-0.2, 0) is 0 Å². The second kappa shape index (κ2) is 14.0. The van der Waals surface area contributed by atoms with Gasteiger partial charge in [-0.3, -0.25) is 0 Å². The Morgan fingerprint density at radius 2 is 0.541 bits per heavy atom. The fourth-order valence-corrected chi connectivity index (χ4v) is 19.1. The zero-order valence-corrected chi connectivity index (χ0v) is 26.5. The molecule has 0 aliphatic heterocycles. The van der Waals surface area contributed by atoms with Crippen LogP contribution in [0.4, 0.5) is 0 Å². The molecule has 4 rings (SSSR count). The van der Waals surface area contributed by atoms with E-state index in [4.69, 9.17) is 0 Å². The Bertz CT molecular complexity index is 1030. The van der Waals surface area contributed by atoms with Crippen LogP contribution in [0.3, 0.4) is 0 Å². The molecule has 0 radical (unpaired) electrons. The maximum absolute atomic E-state index is 2.30. The molecule has 0 N–H and O–H groups in total. The van der Waals surface area contributed by atoms with Gasteiger partial charge in [-0.25, -0.2) is 0 Å². The summed E-state index contributed by atoms with van der Waals surface area (Å²) >= 11 is 8.28. The van der Waals surface area contributed by atoms with Gasteiger partial charge in [-0.05, 0) is 97.7 Å². The summed E-state index contributed by atoms with van der Waals surface area (Å²) in [5.41, 5.74) is 5.31. The smallest absolute Gasteiger partial charge is 0.0948 e. The van der Waals surface area contributed by atoms with Gasteiger partial charge in [-0.15, -0.1) is 47.0 Å². The predicted molar refractivity (Wildman–Crippen MR) is 173 cm³/mol. The molecule has 0 atom stereocenters. The fraction of sp³-hybridized carbons (Fsp3) is 0.250. The molecule has 4 aromatic rings. The first-order valence-electron chi connectivity index (χ1n) is 12.7. The molecule has 0 unspecified atom stereocenters. The average molecular weight is 577 g/mol. The maximum atomic E-state index is 2.30. The molecule has 0 saturated carbocycles. The van der Waals surface area contributed by atoms with Gasteiger partial charge in [0.1, 0.15) is 0 Å². The molecule has 0 heterocycles. The highest BCUT2D eigenvalue weighted by atomic mass is 32.2. The third-order valence-corrected chi connectivity index (χ3v) is 20.8. The lowest BCUT2D eigenvalue weighted by molar-refractivity contribution is 1.37. The van der Waals surface area contributed by atoms with E-state index in [1.807, 2.05) is 0 Å². The van der Waals surface area contributed by atoms with E-state index in [1.54, 1.807) is 0 Å². The van der Waals surface area contributed by atoms with Gasteiger partial charge in [-0.2, -0.15) is 0 Å². The summed E-state index contributed by atoms with van der Waals surface area (Å²) in [6.45, 7) is 8.68. The maximum Gasteiger partial charge on any atom is 0.0948 e. The van der Waals surface area contributed by atoms with Gasteiger partial charge in [0.2, 0.25) is 0 Å². The van der Waals surface area contributed by atoms with Crippen molar-refractivity contribution in [2.45, 2.75) is 47.3 Å². The normalized spacial score (nSPS) is 11.6. The fourth-order valence-electron chi connectivity index (χ4n) is 3.73. The molecule has 0 bridgehead atoms. The van der Waals surface area contributed by atoms with Crippen molar-refractivity contribution in [1.82, 2.24) is 0 Å². The van der Waals surface area contributed by atoms with Crippen LogP contribution >= 0.6 is 47.0 Å². The summed E-state index contributed by atoms with van der Waals surface area (Å²) in [7, 11) is -1.73. The lowest BCUT2D eigenvalue weighted by atomic mass is 10.2. The predicted octanol–water partition coefficient (Wildman–Crippen LogP) is 9.99. The molecule has 0 fully saturated rings. The van der Waals surface area contributed by atoms with Gasteiger partial charge in [0.25, 0.3) is 0 Å². The number of hydrogen-bond acceptors (Lipinski definition) is 4. The Labute approximate surface area is 241 Å². The SMILES string of the molecule is Cc1ccc(SC[Si](CSc2ccc(C)cc2)(CSc2ccc(C)cc2)CSc2ccc(C)cc2)cc1. The monoisotopic (exact) mass is 576 g/mol. The quantitative estimate of drug-likeness (QED) is 0.121. The summed E-state index contributed by atoms with van der Waals surface area (Å²) in [6.07, 6.45) is 0. The van der Waals surface area contributed by atoms with Crippen molar-refractivity contribution in [3.05, 3.63) is 119 Å². The van der Waals surface area contributed by atoms with Gasteiger partial charge in [0.15, 0.2) is 0 Å². The minimum absolute atomic E-state index is 1.23. The van der Waals surface area contributed by atoms with E-state index in [1.165, 1.54) is 63.3 Å². The lowest BCUT2D eigenvalue weighted by Crippen LogP contribution is -2.48. The minimum atomic E-state index is -1.73. The Morgan fingerprint density at radius 3 is 0.730 bits per heavy atom. The lowest BCUT2D eigenvalue weighted by Gasteiger charge is -2.31. The highest BCUT2D eigenvalue weighted by molar-refractivity contribution is 8.07. The third-order valence-electron chi connectivity index (χ3n) is 6.26. The third kappa shape index (κ3) is 9.33. The standard InChI is InChI=1S/C32H36S4Si/c1-25-5-13-29(14-6-25)33-21-37(22-34-30-15-7-26(2)8-16-30,23-35-31-17-9-27(3)10-18-31)24-36-32-19-11-28(4)12-20-32/h5-20H,21-24H2,1-4H3. The van der Waals surface area contributed by atoms with Crippen LogP contribution in [0.2, 0.25) is 0 Å². The van der Waals surface area contributed by atoms with Crippen molar-refractivity contribution in [1.29, 1.82) is 0 Å². The van der Waals surface area contributed by atoms with Gasteiger partial charge in [0, 0.05) is 19.6 Å². The van der Waals surface area contributed by atoms with E-state index in [0.29, 0.717) is 0 Å². The summed E-state index contributed by atoms with van der Waals surface area (Å²) in [4.78, 5) is 5.57. The number of thioether (sulfide) groups is 4. The average Bonchev–Trinajstić information content (AvgIpc) is 2.91. The van der Waals surface area contributed by atoms with E-state index in [0.717, 1.165) is 0 Å². The summed E-state index contributed by atoms with van der Waals surface area (Å²) < 4.78 is 0. The summed E-state index contributed by atoms with van der Waals surface area (Å²) in [5.74, 6) is 0. The summed E-state index contributed by atoms with van der Waals surface area (Å²) in [5, 5.41) is 4.92. The van der Waals surface area contributed by atoms with E-state index >= 15 is 0 Å². The van der Waals surface area contributed by atoms with Crippen molar-refractivity contribution in [2.24, 2.45) is 0 Å². The van der Waals surface area contributed by atoms with Crippen molar-refractivity contribution in [3.8, 4) is 0 Å². The van der Waals surface area contributed by atoms with E-state index < -0.39 is 8.07 Å². The Hall–Kier alpha value is -1.50. The highest BCUT2D eigenvalue weighted by Crippen LogP contribution is 2.35. The van der Waals surface area contributed by atoms with Crippen molar-refractivity contribution < 1.29 is 0 Å². The minimum Gasteiger partial charge on any atom is -0.129 e. The first-order valence-corrected chi connectivity index (χ1v) is 19.4. The van der Waals surface area contributed by atoms with Gasteiger partial charge in [-0.1, -0.05) is 70.8 Å². The number of hydrogen-bond donors (Lipinski definition) is 0. The molecule has 0 nitrogen and oxygen atoms in total. The molecule has 5 heteroatoms. The molecule has 0 aromatic heterocycles. The molecule has 37 heavy (non-hydrogen) atoms. The van der Waals surface area contributed by atoms with Crippen LogP contribution in [0.15, 0.2) is 117 Å². The molecule has 0 amide bonds. The topological polar surface area (TPSA) is 0 Å². The van der Waals surface area contributed by atoms with Crippen LogP contribution in [0, 0.1) is 27.7 Å². The molecular weight excluding hydrogens is 541 g/mol. The largest absolute Gasteiger partial charge is 0.129 e. The molecular formula is C32H36S4Si. The van der Waals surface area contributed by atoms with E-state index in [9.17, 15) is 0 Å². The van der Waals surface area contributed by atoms with Crippen LogP contribution in [-0.4, -0.2) is 29.6 Å². The van der Waals surface area contributed by atoms with Crippen LogP contribution in [0.5, 0.6) is 0 Å². The second-order valence-electron chi connectivity index (χ2n) is 9.91. The van der Waals surface area contributed by atoms with Crippen LogP contribution < -0.4 is 0 Å². The zero-order chi connectivity index (χ0) is 26.1. The van der Waals surface area contributed by atoms with Gasteiger partial charge < -0.3 is 0 Å². The molecule has 4 aromatic carbocycles. The number of rotatable bonds is 12.